The number of nitrogens with zero attached hydrogens (tertiary/aromatic N) is 3. The number of halogens is 1. The summed E-state index contributed by atoms with van der Waals surface area (Å²) in [6.07, 6.45) is 0. The topological polar surface area (TPSA) is 28.5 Å². The third kappa shape index (κ3) is 2.86. The molecule has 0 saturated heterocycles. The molecule has 1 aliphatic rings. The second-order valence-corrected chi connectivity index (χ2v) is 6.04. The van der Waals surface area contributed by atoms with Crippen molar-refractivity contribution in [1.82, 2.24) is 9.47 Å². The molecule has 0 atom stereocenters. The maximum absolute atomic E-state index is 12.6. The standard InChI is InChI=1S/C18H25N3O.ClH/c1-5-19(6-2)10-11-20-16-9-7-8-15-13(3)14(4)21(18(15)16)12-17(20)22;/h7-9H,5-6,10-12H2,1-4H3;1H. The first kappa shape index (κ1) is 17.8. The highest BCUT2D eigenvalue weighted by atomic mass is 35.5. The Hall–Kier alpha value is -1.52. The van der Waals surface area contributed by atoms with Crippen LogP contribution in [0.5, 0.6) is 0 Å². The average Bonchev–Trinajstić information content (AvgIpc) is 2.77. The molecule has 0 aliphatic carbocycles. The molecule has 4 nitrogen and oxygen atoms in total. The minimum Gasteiger partial charge on any atom is -0.333 e. The van der Waals surface area contributed by atoms with Gasteiger partial charge in [0.05, 0.1) is 11.2 Å². The maximum atomic E-state index is 12.6. The molecule has 0 fully saturated rings. The van der Waals surface area contributed by atoms with Crippen molar-refractivity contribution in [2.45, 2.75) is 34.2 Å². The normalized spacial score (nSPS) is 13.8. The molecule has 23 heavy (non-hydrogen) atoms. The third-order valence-corrected chi connectivity index (χ3v) is 5.06. The summed E-state index contributed by atoms with van der Waals surface area (Å²) in [5.41, 5.74) is 4.78. The summed E-state index contributed by atoms with van der Waals surface area (Å²) < 4.78 is 2.18. The summed E-state index contributed by atoms with van der Waals surface area (Å²) in [5, 5.41) is 1.27. The molecule has 0 saturated carbocycles. The highest BCUT2D eigenvalue weighted by Gasteiger charge is 2.28. The van der Waals surface area contributed by atoms with Gasteiger partial charge in [0, 0.05) is 24.2 Å². The van der Waals surface area contributed by atoms with Gasteiger partial charge in [0.2, 0.25) is 5.91 Å². The molecule has 126 valence electrons. The minimum absolute atomic E-state index is 0. The zero-order valence-electron chi connectivity index (χ0n) is 14.4. The van der Waals surface area contributed by atoms with Crippen molar-refractivity contribution in [3.63, 3.8) is 0 Å². The molecule has 2 aromatic rings. The van der Waals surface area contributed by atoms with E-state index in [4.69, 9.17) is 0 Å². The number of para-hydroxylation sites is 1. The molecule has 1 amide bonds. The van der Waals surface area contributed by atoms with E-state index in [1.54, 1.807) is 0 Å². The molecule has 0 bridgehead atoms. The first-order valence-corrected chi connectivity index (χ1v) is 8.19. The zero-order chi connectivity index (χ0) is 15.9. The summed E-state index contributed by atoms with van der Waals surface area (Å²) in [4.78, 5) is 17.0. The molecule has 1 aliphatic heterocycles. The molecule has 0 radical (unpaired) electrons. The molecule has 1 aromatic heterocycles. The largest absolute Gasteiger partial charge is 0.333 e. The van der Waals surface area contributed by atoms with Crippen molar-refractivity contribution in [2.24, 2.45) is 0 Å². The number of aromatic nitrogens is 1. The number of benzene rings is 1. The quantitative estimate of drug-likeness (QED) is 0.838. The Morgan fingerprint density at radius 3 is 2.52 bits per heavy atom. The summed E-state index contributed by atoms with van der Waals surface area (Å²) in [7, 11) is 0. The third-order valence-electron chi connectivity index (χ3n) is 5.06. The predicted molar refractivity (Wildman–Crippen MR) is 98.8 cm³/mol. The Labute approximate surface area is 144 Å². The highest BCUT2D eigenvalue weighted by Crippen LogP contribution is 2.35. The molecule has 1 aromatic carbocycles. The Morgan fingerprint density at radius 1 is 1.17 bits per heavy atom. The maximum Gasteiger partial charge on any atom is 0.247 e. The average molecular weight is 336 g/mol. The van der Waals surface area contributed by atoms with E-state index in [0.717, 1.165) is 31.9 Å². The fraction of sp³-hybridized carbons (Fsp3) is 0.500. The van der Waals surface area contributed by atoms with Crippen molar-refractivity contribution in [2.75, 3.05) is 31.1 Å². The van der Waals surface area contributed by atoms with Crippen LogP contribution in [-0.2, 0) is 11.3 Å². The smallest absolute Gasteiger partial charge is 0.247 e. The second kappa shape index (κ2) is 6.93. The summed E-state index contributed by atoms with van der Waals surface area (Å²) >= 11 is 0. The Morgan fingerprint density at radius 2 is 1.87 bits per heavy atom. The Balaban J connectivity index is 0.00000192. The number of aryl methyl sites for hydroxylation is 1. The lowest BCUT2D eigenvalue weighted by molar-refractivity contribution is -0.119. The molecular formula is C18H26ClN3O. The number of rotatable bonds is 5. The van der Waals surface area contributed by atoms with Crippen LogP contribution in [0, 0.1) is 13.8 Å². The summed E-state index contributed by atoms with van der Waals surface area (Å²) in [6.45, 7) is 12.8. The van der Waals surface area contributed by atoms with E-state index < -0.39 is 0 Å². The van der Waals surface area contributed by atoms with Gasteiger partial charge in [0.25, 0.3) is 0 Å². The summed E-state index contributed by atoms with van der Waals surface area (Å²) in [6, 6.07) is 6.31. The molecular weight excluding hydrogens is 310 g/mol. The van der Waals surface area contributed by atoms with Crippen LogP contribution in [-0.4, -0.2) is 41.6 Å². The Bertz CT molecular complexity index is 719. The van der Waals surface area contributed by atoms with Gasteiger partial charge in [-0.15, -0.1) is 12.4 Å². The number of likely N-dealkylation sites (N-methyl/N-ethyl adjacent to an activating group) is 1. The fourth-order valence-corrected chi connectivity index (χ4v) is 3.48. The molecule has 0 N–H and O–H groups in total. The van der Waals surface area contributed by atoms with Gasteiger partial charge in [0.1, 0.15) is 6.54 Å². The van der Waals surface area contributed by atoms with Gasteiger partial charge in [-0.05, 0) is 38.6 Å². The minimum atomic E-state index is 0. The number of carbonyl (C=O) groups excluding carboxylic acids is 1. The predicted octanol–water partition coefficient (Wildman–Crippen LogP) is 3.37. The van der Waals surface area contributed by atoms with E-state index in [1.807, 2.05) is 4.90 Å². The van der Waals surface area contributed by atoms with E-state index in [2.05, 4.69) is 55.4 Å². The lowest BCUT2D eigenvalue weighted by Gasteiger charge is -2.31. The zero-order valence-corrected chi connectivity index (χ0v) is 15.2. The SMILES string of the molecule is CCN(CC)CCN1C(=O)Cn2c(C)c(C)c3cccc1c32.Cl. The first-order valence-electron chi connectivity index (χ1n) is 8.19. The van der Waals surface area contributed by atoms with Gasteiger partial charge in [-0.3, -0.25) is 4.79 Å². The number of anilines is 1. The lowest BCUT2D eigenvalue weighted by atomic mass is 10.1. The van der Waals surface area contributed by atoms with E-state index in [9.17, 15) is 4.79 Å². The van der Waals surface area contributed by atoms with Crippen LogP contribution in [0.1, 0.15) is 25.1 Å². The lowest BCUT2D eigenvalue weighted by Crippen LogP contribution is -2.42. The van der Waals surface area contributed by atoms with Crippen LogP contribution in [0.25, 0.3) is 10.9 Å². The van der Waals surface area contributed by atoms with Crippen molar-refractivity contribution < 1.29 is 4.79 Å². The fourth-order valence-electron chi connectivity index (χ4n) is 3.48. The van der Waals surface area contributed by atoms with Crippen molar-refractivity contribution >= 4 is 34.9 Å². The van der Waals surface area contributed by atoms with E-state index >= 15 is 0 Å². The van der Waals surface area contributed by atoms with Gasteiger partial charge in [-0.2, -0.15) is 0 Å². The van der Waals surface area contributed by atoms with Crippen LogP contribution in [0.4, 0.5) is 5.69 Å². The van der Waals surface area contributed by atoms with Gasteiger partial charge < -0.3 is 14.4 Å². The molecule has 0 spiro atoms. The number of amides is 1. The van der Waals surface area contributed by atoms with E-state index in [1.165, 1.54) is 22.2 Å². The molecule has 2 heterocycles. The van der Waals surface area contributed by atoms with Crippen LogP contribution in [0.2, 0.25) is 0 Å². The van der Waals surface area contributed by atoms with Crippen molar-refractivity contribution in [3.8, 4) is 0 Å². The van der Waals surface area contributed by atoms with Gasteiger partial charge in [-0.1, -0.05) is 26.0 Å². The second-order valence-electron chi connectivity index (χ2n) is 6.04. The summed E-state index contributed by atoms with van der Waals surface area (Å²) in [5.74, 6) is 0.200. The number of hydrogen-bond acceptors (Lipinski definition) is 2. The molecule has 3 rings (SSSR count). The van der Waals surface area contributed by atoms with Crippen LogP contribution in [0.15, 0.2) is 18.2 Å². The van der Waals surface area contributed by atoms with Crippen LogP contribution >= 0.6 is 12.4 Å². The highest BCUT2D eigenvalue weighted by molar-refractivity contribution is 6.07. The van der Waals surface area contributed by atoms with Gasteiger partial charge >= 0.3 is 0 Å². The van der Waals surface area contributed by atoms with E-state index in [0.29, 0.717) is 6.54 Å². The molecule has 5 heteroatoms. The van der Waals surface area contributed by atoms with Crippen molar-refractivity contribution in [3.05, 3.63) is 29.5 Å². The monoisotopic (exact) mass is 335 g/mol. The first-order chi connectivity index (χ1) is 10.6. The van der Waals surface area contributed by atoms with Gasteiger partial charge in [0.15, 0.2) is 0 Å². The van der Waals surface area contributed by atoms with Crippen LogP contribution < -0.4 is 4.90 Å². The van der Waals surface area contributed by atoms with E-state index in [-0.39, 0.29) is 18.3 Å². The number of hydrogen-bond donors (Lipinski definition) is 0. The van der Waals surface area contributed by atoms with Gasteiger partial charge in [-0.25, -0.2) is 0 Å². The van der Waals surface area contributed by atoms with Crippen LogP contribution in [0.3, 0.4) is 0 Å². The van der Waals surface area contributed by atoms with Crippen molar-refractivity contribution in [1.29, 1.82) is 0 Å². The number of carbonyl (C=O) groups is 1. The Kier molecular flexibility index (Phi) is 5.37. The molecule has 0 unspecified atom stereocenters.